The van der Waals surface area contributed by atoms with Crippen LogP contribution in [0.2, 0.25) is 0 Å². The summed E-state index contributed by atoms with van der Waals surface area (Å²) in [4.78, 5) is 43.1. The quantitative estimate of drug-likeness (QED) is 0.198. The summed E-state index contributed by atoms with van der Waals surface area (Å²) in [6.45, 7) is 6.63. The minimum Gasteiger partial charge on any atom is -0.466 e. The van der Waals surface area contributed by atoms with Crippen LogP contribution >= 0.6 is 23.1 Å². The average molecular weight is 492 g/mol. The van der Waals surface area contributed by atoms with Gasteiger partial charge in [0.25, 0.3) is 5.56 Å². The molecule has 0 aliphatic heterocycles. The molecular formula is C23H26FN3O4S2. The van der Waals surface area contributed by atoms with Crippen molar-refractivity contribution >= 4 is 45.2 Å². The smallest absolute Gasteiger partial charge is 0.305 e. The molecule has 2 heterocycles. The van der Waals surface area contributed by atoms with E-state index in [1.807, 2.05) is 13.8 Å². The van der Waals surface area contributed by atoms with Crippen LogP contribution < -0.4 is 10.9 Å². The van der Waals surface area contributed by atoms with Crippen LogP contribution in [0.4, 0.5) is 4.39 Å². The minimum atomic E-state index is -0.335. The molecule has 0 saturated heterocycles. The molecule has 3 aromatic rings. The number of nitrogens with zero attached hydrogens (tertiary/aromatic N) is 2. The summed E-state index contributed by atoms with van der Waals surface area (Å²) in [5, 5.41) is 3.76. The van der Waals surface area contributed by atoms with E-state index in [1.54, 1.807) is 23.6 Å². The van der Waals surface area contributed by atoms with Gasteiger partial charge in [0.1, 0.15) is 10.6 Å². The number of benzene rings is 1. The predicted molar refractivity (Wildman–Crippen MR) is 129 cm³/mol. The predicted octanol–water partition coefficient (Wildman–Crippen LogP) is 4.14. The van der Waals surface area contributed by atoms with E-state index in [-0.39, 0.29) is 35.4 Å². The number of fused-ring (bicyclic) bond motifs is 1. The maximum atomic E-state index is 13.4. The van der Waals surface area contributed by atoms with Crippen molar-refractivity contribution in [3.63, 3.8) is 0 Å². The van der Waals surface area contributed by atoms with E-state index in [2.05, 4.69) is 10.3 Å². The number of hydrogen-bond donors (Lipinski definition) is 1. The van der Waals surface area contributed by atoms with E-state index in [0.29, 0.717) is 41.5 Å². The summed E-state index contributed by atoms with van der Waals surface area (Å²) < 4.78 is 19.8. The fraction of sp³-hybridized carbons (Fsp3) is 0.391. The van der Waals surface area contributed by atoms with Gasteiger partial charge in [0.15, 0.2) is 5.16 Å². The number of rotatable bonds is 10. The SMILES string of the molecule is CCOC(=O)CCCNC(=O)CSc1nc2sc(C)c(-c3ccc(F)cc3)c2c(=O)n1CC. The fourth-order valence-electron chi connectivity index (χ4n) is 3.40. The topological polar surface area (TPSA) is 90.3 Å². The first-order valence-electron chi connectivity index (χ1n) is 10.7. The van der Waals surface area contributed by atoms with Crippen LogP contribution in [0.5, 0.6) is 0 Å². The van der Waals surface area contributed by atoms with Crippen molar-refractivity contribution < 1.29 is 18.7 Å². The van der Waals surface area contributed by atoms with Crippen molar-refractivity contribution in [3.05, 3.63) is 45.3 Å². The van der Waals surface area contributed by atoms with E-state index in [0.717, 1.165) is 16.0 Å². The van der Waals surface area contributed by atoms with E-state index in [1.165, 1.54) is 35.2 Å². The van der Waals surface area contributed by atoms with Crippen molar-refractivity contribution in [2.45, 2.75) is 45.3 Å². The molecule has 176 valence electrons. The molecule has 0 fully saturated rings. The highest BCUT2D eigenvalue weighted by Gasteiger charge is 2.20. The summed E-state index contributed by atoms with van der Waals surface area (Å²) in [6, 6.07) is 6.07. The zero-order valence-corrected chi connectivity index (χ0v) is 20.4. The van der Waals surface area contributed by atoms with Crippen LogP contribution in [0.3, 0.4) is 0 Å². The number of thioether (sulfide) groups is 1. The number of carbonyl (C=O) groups excluding carboxylic acids is 2. The molecule has 33 heavy (non-hydrogen) atoms. The first-order valence-corrected chi connectivity index (χ1v) is 12.5. The van der Waals surface area contributed by atoms with Crippen LogP contribution in [0, 0.1) is 12.7 Å². The Bertz CT molecular complexity index is 1210. The van der Waals surface area contributed by atoms with Crippen molar-refractivity contribution in [1.29, 1.82) is 0 Å². The lowest BCUT2D eigenvalue weighted by atomic mass is 10.0. The summed E-state index contributed by atoms with van der Waals surface area (Å²) >= 11 is 2.61. The van der Waals surface area contributed by atoms with Gasteiger partial charge in [-0.15, -0.1) is 11.3 Å². The number of carbonyl (C=O) groups is 2. The lowest BCUT2D eigenvalue weighted by Crippen LogP contribution is -2.28. The van der Waals surface area contributed by atoms with Gasteiger partial charge >= 0.3 is 5.97 Å². The lowest BCUT2D eigenvalue weighted by Gasteiger charge is -2.11. The number of ether oxygens (including phenoxy) is 1. The number of amides is 1. The highest BCUT2D eigenvalue weighted by Crippen LogP contribution is 2.36. The molecule has 7 nitrogen and oxygen atoms in total. The first kappa shape index (κ1) is 24.9. The van der Waals surface area contributed by atoms with E-state index < -0.39 is 0 Å². The minimum absolute atomic E-state index is 0.104. The van der Waals surface area contributed by atoms with Crippen molar-refractivity contribution in [2.24, 2.45) is 0 Å². The largest absolute Gasteiger partial charge is 0.466 e. The molecule has 0 saturated carbocycles. The Morgan fingerprint density at radius 3 is 2.64 bits per heavy atom. The molecule has 0 aliphatic carbocycles. The molecule has 0 bridgehead atoms. The van der Waals surface area contributed by atoms with Gasteiger partial charge in [-0.1, -0.05) is 23.9 Å². The van der Waals surface area contributed by atoms with Crippen molar-refractivity contribution in [1.82, 2.24) is 14.9 Å². The number of thiophene rings is 1. The molecule has 2 aromatic heterocycles. The Labute approximate surface area is 199 Å². The van der Waals surface area contributed by atoms with Crippen LogP contribution in [-0.2, 0) is 20.9 Å². The summed E-state index contributed by atoms with van der Waals surface area (Å²) in [5.41, 5.74) is 1.36. The highest BCUT2D eigenvalue weighted by molar-refractivity contribution is 7.99. The molecule has 0 aliphatic rings. The van der Waals surface area contributed by atoms with E-state index in [9.17, 15) is 18.8 Å². The van der Waals surface area contributed by atoms with Gasteiger partial charge in [-0.2, -0.15) is 0 Å². The summed E-state index contributed by atoms with van der Waals surface area (Å²) in [6.07, 6.45) is 0.753. The summed E-state index contributed by atoms with van der Waals surface area (Å²) in [5.74, 6) is -0.711. The Hall–Kier alpha value is -2.72. The molecule has 3 rings (SSSR count). The molecule has 0 unspecified atom stereocenters. The normalized spacial score (nSPS) is 11.0. The Morgan fingerprint density at radius 2 is 1.97 bits per heavy atom. The third kappa shape index (κ3) is 6.00. The first-order chi connectivity index (χ1) is 15.8. The summed E-state index contributed by atoms with van der Waals surface area (Å²) in [7, 11) is 0. The molecule has 10 heteroatoms. The number of hydrogen-bond acceptors (Lipinski definition) is 7. The zero-order chi connectivity index (χ0) is 24.0. The highest BCUT2D eigenvalue weighted by atomic mass is 32.2. The van der Waals surface area contributed by atoms with Crippen molar-refractivity contribution in [3.8, 4) is 11.1 Å². The van der Waals surface area contributed by atoms with Crippen LogP contribution in [0.25, 0.3) is 21.3 Å². The maximum absolute atomic E-state index is 13.4. The Balaban J connectivity index is 1.75. The molecule has 1 N–H and O–H groups in total. The van der Waals surface area contributed by atoms with E-state index in [4.69, 9.17) is 4.74 Å². The van der Waals surface area contributed by atoms with Gasteiger partial charge in [-0.05, 0) is 44.9 Å². The average Bonchev–Trinajstić information content (AvgIpc) is 3.12. The van der Waals surface area contributed by atoms with Crippen molar-refractivity contribution in [2.75, 3.05) is 18.9 Å². The van der Waals surface area contributed by atoms with Gasteiger partial charge in [0, 0.05) is 30.0 Å². The second kappa shape index (κ2) is 11.4. The van der Waals surface area contributed by atoms with E-state index >= 15 is 0 Å². The van der Waals surface area contributed by atoms with Crippen LogP contribution in [0.1, 0.15) is 31.6 Å². The standard InChI is InChI=1S/C23H26FN3O4S2/c1-4-27-22(30)20-19(15-8-10-16(24)11-9-15)14(3)33-21(20)26-23(27)32-13-17(28)25-12-6-7-18(29)31-5-2/h8-11H,4-7,12-13H2,1-3H3,(H,25,28). The van der Waals surface area contributed by atoms with Gasteiger partial charge in [-0.3, -0.25) is 19.0 Å². The third-order valence-electron chi connectivity index (χ3n) is 4.92. The fourth-order valence-corrected chi connectivity index (χ4v) is 5.38. The second-order valence-electron chi connectivity index (χ2n) is 7.21. The number of nitrogens with one attached hydrogen (secondary N) is 1. The number of halogens is 1. The molecule has 0 spiro atoms. The number of aryl methyl sites for hydroxylation is 1. The molecule has 0 radical (unpaired) electrons. The van der Waals surface area contributed by atoms with Crippen LogP contribution in [0.15, 0.2) is 34.2 Å². The Kier molecular flexibility index (Phi) is 8.62. The zero-order valence-electron chi connectivity index (χ0n) is 18.8. The molecule has 0 atom stereocenters. The van der Waals surface area contributed by atoms with Gasteiger partial charge in [-0.25, -0.2) is 9.37 Å². The van der Waals surface area contributed by atoms with Gasteiger partial charge in [0.05, 0.1) is 17.7 Å². The molecular weight excluding hydrogens is 465 g/mol. The Morgan fingerprint density at radius 1 is 1.24 bits per heavy atom. The number of esters is 1. The monoisotopic (exact) mass is 491 g/mol. The number of aromatic nitrogens is 2. The van der Waals surface area contributed by atoms with Gasteiger partial charge < -0.3 is 10.1 Å². The van der Waals surface area contributed by atoms with Crippen LogP contribution in [-0.4, -0.2) is 40.3 Å². The molecule has 1 aromatic carbocycles. The maximum Gasteiger partial charge on any atom is 0.305 e. The third-order valence-corrected chi connectivity index (χ3v) is 6.89. The second-order valence-corrected chi connectivity index (χ2v) is 9.36. The van der Waals surface area contributed by atoms with Gasteiger partial charge in [0.2, 0.25) is 5.91 Å². The molecule has 1 amide bonds. The lowest BCUT2D eigenvalue weighted by molar-refractivity contribution is -0.143.